The Balaban J connectivity index is 1.97. The minimum absolute atomic E-state index is 0.506. The number of rotatable bonds is 3. The number of hydrogen-bond acceptors (Lipinski definition) is 1. The van der Waals surface area contributed by atoms with Crippen LogP contribution in [0, 0.1) is 0 Å². The average Bonchev–Trinajstić information content (AvgIpc) is 2.39. The lowest BCUT2D eigenvalue weighted by atomic mass is 9.82. The molecule has 16 heavy (non-hydrogen) atoms. The highest BCUT2D eigenvalue weighted by atomic mass is 16.5. The predicted molar refractivity (Wildman–Crippen MR) is 67.8 cm³/mol. The molecule has 0 aromatic heterocycles. The van der Waals surface area contributed by atoms with Crippen LogP contribution in [0.15, 0.2) is 24.3 Å². The van der Waals surface area contributed by atoms with E-state index in [-0.39, 0.29) is 0 Å². The van der Waals surface area contributed by atoms with E-state index in [0.717, 1.165) is 12.3 Å². The molecule has 88 valence electrons. The summed E-state index contributed by atoms with van der Waals surface area (Å²) in [5.74, 6) is 0.761. The molecule has 1 saturated carbocycles. The first-order chi connectivity index (χ1) is 7.83. The highest BCUT2D eigenvalue weighted by molar-refractivity contribution is 5.25. The molecule has 0 spiro atoms. The second-order valence-electron chi connectivity index (χ2n) is 4.80. The van der Waals surface area contributed by atoms with E-state index in [1.54, 1.807) is 0 Å². The molecule has 0 amide bonds. The van der Waals surface area contributed by atoms with Gasteiger partial charge in [0.25, 0.3) is 0 Å². The second kappa shape index (κ2) is 5.49. The topological polar surface area (TPSA) is 9.23 Å². The molecule has 1 fully saturated rings. The van der Waals surface area contributed by atoms with Gasteiger partial charge in [-0.05, 0) is 49.1 Å². The Hall–Kier alpha value is -0.820. The fraction of sp³-hybridized carbons (Fsp3) is 0.600. The van der Waals surface area contributed by atoms with Crippen molar-refractivity contribution in [1.29, 1.82) is 0 Å². The van der Waals surface area contributed by atoms with Gasteiger partial charge in [-0.15, -0.1) is 0 Å². The van der Waals surface area contributed by atoms with Crippen molar-refractivity contribution in [1.82, 2.24) is 0 Å². The number of aryl methyl sites for hydroxylation is 1. The molecule has 1 heteroatoms. The zero-order valence-electron chi connectivity index (χ0n) is 10.4. The summed E-state index contributed by atoms with van der Waals surface area (Å²) in [4.78, 5) is 0. The molecule has 1 aromatic carbocycles. The summed E-state index contributed by atoms with van der Waals surface area (Å²) in [5, 5.41) is 0. The van der Waals surface area contributed by atoms with Gasteiger partial charge < -0.3 is 4.74 Å². The average molecular weight is 218 g/mol. The summed E-state index contributed by atoms with van der Waals surface area (Å²) in [6.45, 7) is 2.21. The van der Waals surface area contributed by atoms with Gasteiger partial charge in [-0.1, -0.05) is 31.2 Å². The van der Waals surface area contributed by atoms with Crippen molar-refractivity contribution < 1.29 is 4.74 Å². The second-order valence-corrected chi connectivity index (χ2v) is 4.80. The quantitative estimate of drug-likeness (QED) is 0.747. The standard InChI is InChI=1S/C15H22O/c1-3-12-4-6-13(7-5-12)14-8-10-15(16-2)11-9-14/h4-7,14-15H,3,8-11H2,1-2H3/t14-,15-. The summed E-state index contributed by atoms with van der Waals surface area (Å²) < 4.78 is 5.41. The smallest absolute Gasteiger partial charge is 0.0571 e. The van der Waals surface area contributed by atoms with Crippen LogP contribution in [-0.4, -0.2) is 13.2 Å². The van der Waals surface area contributed by atoms with Crippen molar-refractivity contribution in [2.75, 3.05) is 7.11 Å². The van der Waals surface area contributed by atoms with Gasteiger partial charge in [-0.2, -0.15) is 0 Å². The van der Waals surface area contributed by atoms with E-state index in [4.69, 9.17) is 4.74 Å². The fourth-order valence-electron chi connectivity index (χ4n) is 2.66. The molecule has 1 aromatic rings. The van der Waals surface area contributed by atoms with Crippen LogP contribution in [0.1, 0.15) is 49.7 Å². The summed E-state index contributed by atoms with van der Waals surface area (Å²) in [6, 6.07) is 9.18. The molecular weight excluding hydrogens is 196 g/mol. The van der Waals surface area contributed by atoms with Gasteiger partial charge in [0.15, 0.2) is 0 Å². The van der Waals surface area contributed by atoms with Crippen LogP contribution in [0.3, 0.4) is 0 Å². The minimum Gasteiger partial charge on any atom is -0.381 e. The van der Waals surface area contributed by atoms with E-state index in [1.165, 1.54) is 36.8 Å². The van der Waals surface area contributed by atoms with Crippen molar-refractivity contribution in [2.24, 2.45) is 0 Å². The molecule has 0 heterocycles. The van der Waals surface area contributed by atoms with Crippen LogP contribution in [0.2, 0.25) is 0 Å². The molecule has 2 rings (SSSR count). The molecule has 0 atom stereocenters. The van der Waals surface area contributed by atoms with Crippen LogP contribution in [0.4, 0.5) is 0 Å². The van der Waals surface area contributed by atoms with Crippen LogP contribution in [0.5, 0.6) is 0 Å². The predicted octanol–water partition coefficient (Wildman–Crippen LogP) is 3.92. The van der Waals surface area contributed by atoms with Crippen molar-refractivity contribution in [3.8, 4) is 0 Å². The largest absolute Gasteiger partial charge is 0.381 e. The number of ether oxygens (including phenoxy) is 1. The molecule has 0 radical (unpaired) electrons. The van der Waals surface area contributed by atoms with Crippen molar-refractivity contribution in [2.45, 2.75) is 51.0 Å². The maximum absolute atomic E-state index is 5.41. The highest BCUT2D eigenvalue weighted by Gasteiger charge is 2.21. The number of methoxy groups -OCH3 is 1. The molecule has 1 aliphatic carbocycles. The van der Waals surface area contributed by atoms with Gasteiger partial charge in [0, 0.05) is 7.11 Å². The van der Waals surface area contributed by atoms with Gasteiger partial charge in [0.1, 0.15) is 0 Å². The van der Waals surface area contributed by atoms with Crippen LogP contribution < -0.4 is 0 Å². The monoisotopic (exact) mass is 218 g/mol. The molecular formula is C15H22O. The Morgan fingerprint density at radius 2 is 1.69 bits per heavy atom. The van der Waals surface area contributed by atoms with Gasteiger partial charge >= 0.3 is 0 Å². The third-order valence-electron chi connectivity index (χ3n) is 3.87. The van der Waals surface area contributed by atoms with E-state index >= 15 is 0 Å². The van der Waals surface area contributed by atoms with E-state index in [1.807, 2.05) is 7.11 Å². The van der Waals surface area contributed by atoms with E-state index in [2.05, 4.69) is 31.2 Å². The molecule has 0 bridgehead atoms. The summed E-state index contributed by atoms with van der Waals surface area (Å²) in [5.41, 5.74) is 2.96. The first-order valence-corrected chi connectivity index (χ1v) is 6.45. The Bertz CT molecular complexity index is 307. The van der Waals surface area contributed by atoms with Gasteiger partial charge in [-0.3, -0.25) is 0 Å². The third-order valence-corrected chi connectivity index (χ3v) is 3.87. The number of benzene rings is 1. The SMILES string of the molecule is CCc1ccc([C@H]2CC[C@H](OC)CC2)cc1. The van der Waals surface area contributed by atoms with Gasteiger partial charge in [0.05, 0.1) is 6.10 Å². The van der Waals surface area contributed by atoms with Crippen LogP contribution in [0.25, 0.3) is 0 Å². The molecule has 1 aliphatic rings. The first kappa shape index (κ1) is 11.7. The van der Waals surface area contributed by atoms with Crippen LogP contribution in [-0.2, 0) is 11.2 Å². The van der Waals surface area contributed by atoms with Gasteiger partial charge in [-0.25, -0.2) is 0 Å². The zero-order chi connectivity index (χ0) is 11.4. The Kier molecular flexibility index (Phi) is 4.00. The highest BCUT2D eigenvalue weighted by Crippen LogP contribution is 2.33. The third kappa shape index (κ3) is 2.65. The molecule has 0 unspecified atom stereocenters. The lowest BCUT2D eigenvalue weighted by Crippen LogP contribution is -2.19. The Labute approximate surface area is 98.8 Å². The summed E-state index contributed by atoms with van der Waals surface area (Å²) in [7, 11) is 1.83. The normalized spacial score (nSPS) is 25.6. The van der Waals surface area contributed by atoms with Crippen molar-refractivity contribution >= 4 is 0 Å². The number of hydrogen-bond donors (Lipinski definition) is 0. The maximum atomic E-state index is 5.41. The van der Waals surface area contributed by atoms with E-state index in [9.17, 15) is 0 Å². The molecule has 0 N–H and O–H groups in total. The van der Waals surface area contributed by atoms with Crippen molar-refractivity contribution in [3.05, 3.63) is 35.4 Å². The molecule has 0 aliphatic heterocycles. The maximum Gasteiger partial charge on any atom is 0.0571 e. The fourth-order valence-corrected chi connectivity index (χ4v) is 2.66. The van der Waals surface area contributed by atoms with E-state index < -0.39 is 0 Å². The van der Waals surface area contributed by atoms with E-state index in [0.29, 0.717) is 6.10 Å². The Morgan fingerprint density at radius 1 is 1.06 bits per heavy atom. The first-order valence-electron chi connectivity index (χ1n) is 6.45. The molecule has 0 saturated heterocycles. The summed E-state index contributed by atoms with van der Waals surface area (Å²) in [6.07, 6.45) is 6.64. The van der Waals surface area contributed by atoms with Crippen molar-refractivity contribution in [3.63, 3.8) is 0 Å². The Morgan fingerprint density at radius 3 is 2.19 bits per heavy atom. The minimum atomic E-state index is 0.506. The van der Waals surface area contributed by atoms with Crippen LogP contribution >= 0.6 is 0 Å². The lowest BCUT2D eigenvalue weighted by Gasteiger charge is -2.27. The zero-order valence-corrected chi connectivity index (χ0v) is 10.4. The lowest BCUT2D eigenvalue weighted by molar-refractivity contribution is 0.0659. The van der Waals surface area contributed by atoms with Gasteiger partial charge in [0.2, 0.25) is 0 Å². The summed E-state index contributed by atoms with van der Waals surface area (Å²) >= 11 is 0. The molecule has 1 nitrogen and oxygen atoms in total.